The van der Waals surface area contributed by atoms with Crippen molar-refractivity contribution in [1.82, 2.24) is 4.98 Å². The molecule has 5 rings (SSSR count). The minimum Gasteiger partial charge on any atom is -0.243 e. The van der Waals surface area contributed by atoms with Crippen molar-refractivity contribution in [2.45, 2.75) is 13.8 Å². The van der Waals surface area contributed by atoms with Crippen LogP contribution in [0.2, 0.25) is 0 Å². The number of rotatable bonds is 2. The van der Waals surface area contributed by atoms with Crippen molar-refractivity contribution in [1.29, 1.82) is 0 Å². The Morgan fingerprint density at radius 3 is 2.17 bits per heavy atom. The van der Waals surface area contributed by atoms with Gasteiger partial charge in [-0.15, -0.1) is 0 Å². The smallest absolute Gasteiger partial charge is 0.243 e. The van der Waals surface area contributed by atoms with Crippen LogP contribution >= 0.6 is 0 Å². The SMILES string of the molecule is Cc1ccc2c(c1)ncc(-c1ccc(-c3c[nH+]c4cc(C)ccc4[n+]3N)cc1)[n+]2C. The Bertz CT molecular complexity index is 1310. The van der Waals surface area contributed by atoms with E-state index in [4.69, 9.17) is 5.84 Å². The fourth-order valence-electron chi connectivity index (χ4n) is 3.99. The van der Waals surface area contributed by atoms with Gasteiger partial charge in [-0.25, -0.2) is 10.8 Å². The molecule has 2 heterocycles. The van der Waals surface area contributed by atoms with E-state index >= 15 is 0 Å². The number of benzene rings is 3. The second-order valence-corrected chi connectivity index (χ2v) is 7.84. The van der Waals surface area contributed by atoms with Crippen LogP contribution in [0.1, 0.15) is 11.1 Å². The third kappa shape index (κ3) is 2.95. The van der Waals surface area contributed by atoms with Crippen molar-refractivity contribution in [3.8, 4) is 22.5 Å². The largest absolute Gasteiger partial charge is 0.306 e. The molecular weight excluding hydrogens is 370 g/mol. The maximum absolute atomic E-state index is 6.43. The van der Waals surface area contributed by atoms with Gasteiger partial charge < -0.3 is 0 Å². The molecule has 0 unspecified atom stereocenters. The quantitative estimate of drug-likeness (QED) is 0.370. The number of hydrogen-bond donors (Lipinski definition) is 1. The normalized spacial score (nSPS) is 11.3. The molecule has 0 aliphatic heterocycles. The Morgan fingerprint density at radius 2 is 1.43 bits per heavy atom. The second kappa shape index (κ2) is 6.88. The number of hydrogen-bond acceptors (Lipinski definition) is 2. The van der Waals surface area contributed by atoms with E-state index in [0.717, 1.165) is 44.6 Å². The van der Waals surface area contributed by atoms with Crippen LogP contribution in [-0.4, -0.2) is 4.98 Å². The van der Waals surface area contributed by atoms with Crippen LogP contribution in [0.4, 0.5) is 0 Å². The van der Waals surface area contributed by atoms with E-state index in [1.54, 1.807) is 4.68 Å². The summed E-state index contributed by atoms with van der Waals surface area (Å²) >= 11 is 0. The molecule has 0 bridgehead atoms. The number of nitrogens with zero attached hydrogens (tertiary/aromatic N) is 3. The molecular formula is C25H24N5+3. The summed E-state index contributed by atoms with van der Waals surface area (Å²) < 4.78 is 3.92. The summed E-state index contributed by atoms with van der Waals surface area (Å²) in [7, 11) is 2.08. The predicted octanol–water partition coefficient (Wildman–Crippen LogP) is 2.98. The van der Waals surface area contributed by atoms with Crippen LogP contribution in [0.25, 0.3) is 44.6 Å². The van der Waals surface area contributed by atoms with Crippen molar-refractivity contribution >= 4 is 22.1 Å². The summed E-state index contributed by atoms with van der Waals surface area (Å²) in [6.07, 6.45) is 3.89. The second-order valence-electron chi connectivity index (χ2n) is 7.84. The molecule has 0 aliphatic rings. The molecule has 0 fully saturated rings. The van der Waals surface area contributed by atoms with Crippen molar-refractivity contribution in [2.24, 2.45) is 7.05 Å². The molecule has 5 heteroatoms. The molecule has 146 valence electrons. The van der Waals surface area contributed by atoms with Gasteiger partial charge in [0.25, 0.3) is 5.52 Å². The first-order valence-electron chi connectivity index (χ1n) is 10.00. The van der Waals surface area contributed by atoms with Gasteiger partial charge in [-0.05, 0) is 55.3 Å². The van der Waals surface area contributed by atoms with Crippen LogP contribution < -0.4 is 20.1 Å². The first-order chi connectivity index (χ1) is 14.5. The molecule has 2 aromatic heterocycles. The Balaban J connectivity index is 1.57. The predicted molar refractivity (Wildman–Crippen MR) is 118 cm³/mol. The number of nitrogens with one attached hydrogen (secondary N) is 1. The summed E-state index contributed by atoms with van der Waals surface area (Å²) in [6, 6.07) is 21.0. The van der Waals surface area contributed by atoms with E-state index in [0.29, 0.717) is 0 Å². The van der Waals surface area contributed by atoms with Gasteiger partial charge in [-0.2, -0.15) is 9.55 Å². The van der Waals surface area contributed by atoms with Gasteiger partial charge in [0.1, 0.15) is 18.8 Å². The first-order valence-corrected chi connectivity index (χ1v) is 10.00. The zero-order valence-electron chi connectivity index (χ0n) is 17.3. The van der Waals surface area contributed by atoms with Crippen LogP contribution in [0.3, 0.4) is 0 Å². The highest BCUT2D eigenvalue weighted by atomic mass is 15.3. The van der Waals surface area contributed by atoms with Crippen LogP contribution in [0, 0.1) is 13.8 Å². The molecule has 0 radical (unpaired) electrons. The fraction of sp³-hybridized carbons (Fsp3) is 0.120. The molecule has 3 aromatic carbocycles. The van der Waals surface area contributed by atoms with E-state index in [2.05, 4.69) is 90.0 Å². The van der Waals surface area contributed by atoms with Crippen LogP contribution in [0.5, 0.6) is 0 Å². The summed E-state index contributed by atoms with van der Waals surface area (Å²) in [5, 5.41) is 0. The highest BCUT2D eigenvalue weighted by molar-refractivity contribution is 5.74. The molecule has 0 spiro atoms. The molecule has 3 N–H and O–H groups in total. The lowest BCUT2D eigenvalue weighted by atomic mass is 10.1. The average Bonchev–Trinajstić information content (AvgIpc) is 2.74. The van der Waals surface area contributed by atoms with Crippen molar-refractivity contribution in [2.75, 3.05) is 5.84 Å². The van der Waals surface area contributed by atoms with Crippen molar-refractivity contribution < 1.29 is 14.2 Å². The van der Waals surface area contributed by atoms with Crippen LogP contribution in [0.15, 0.2) is 73.1 Å². The lowest BCUT2D eigenvalue weighted by Crippen LogP contribution is -2.48. The summed E-state index contributed by atoms with van der Waals surface area (Å²) in [5.41, 5.74) is 10.7. The molecule has 0 saturated heterocycles. The van der Waals surface area contributed by atoms with E-state index < -0.39 is 0 Å². The molecule has 0 atom stereocenters. The molecule has 5 aromatic rings. The van der Waals surface area contributed by atoms with Gasteiger partial charge in [0.2, 0.25) is 17.4 Å². The van der Waals surface area contributed by atoms with Crippen molar-refractivity contribution in [3.05, 3.63) is 84.2 Å². The van der Waals surface area contributed by atoms with Gasteiger partial charge >= 0.3 is 11.2 Å². The molecule has 30 heavy (non-hydrogen) atoms. The number of nitrogen functional groups attached to an aromatic ring is 1. The Morgan fingerprint density at radius 1 is 0.800 bits per heavy atom. The summed E-state index contributed by atoms with van der Waals surface area (Å²) in [4.78, 5) is 8.03. The monoisotopic (exact) mass is 394 g/mol. The lowest BCUT2D eigenvalue weighted by Gasteiger charge is -2.05. The zero-order chi connectivity index (χ0) is 20.8. The lowest BCUT2D eigenvalue weighted by molar-refractivity contribution is -0.633. The van der Waals surface area contributed by atoms with E-state index in [9.17, 15) is 0 Å². The summed E-state index contributed by atoms with van der Waals surface area (Å²) in [5.74, 6) is 6.43. The Kier molecular flexibility index (Phi) is 4.17. The number of aryl methyl sites for hydroxylation is 3. The van der Waals surface area contributed by atoms with Gasteiger partial charge in [-0.1, -0.05) is 16.8 Å². The molecule has 5 nitrogen and oxygen atoms in total. The highest BCUT2D eigenvalue weighted by Crippen LogP contribution is 2.22. The molecule has 0 amide bonds. The third-order valence-electron chi connectivity index (χ3n) is 5.69. The van der Waals surface area contributed by atoms with Gasteiger partial charge in [0.15, 0.2) is 0 Å². The zero-order valence-corrected chi connectivity index (χ0v) is 17.3. The van der Waals surface area contributed by atoms with E-state index in [1.807, 2.05) is 18.5 Å². The fourth-order valence-corrected chi connectivity index (χ4v) is 3.99. The maximum Gasteiger partial charge on any atom is 0.306 e. The van der Waals surface area contributed by atoms with E-state index in [1.165, 1.54) is 11.1 Å². The first kappa shape index (κ1) is 18.2. The topological polar surface area (TPSA) is 60.8 Å². The molecule has 0 saturated carbocycles. The van der Waals surface area contributed by atoms with Gasteiger partial charge in [-0.3, -0.25) is 0 Å². The average molecular weight is 395 g/mol. The summed E-state index contributed by atoms with van der Waals surface area (Å²) in [6.45, 7) is 4.16. The number of fused-ring (bicyclic) bond motifs is 2. The number of aromatic nitrogens is 4. The minimum atomic E-state index is 0.925. The number of H-pyrrole nitrogens is 1. The number of nitrogens with two attached hydrogens (primary N) is 1. The van der Waals surface area contributed by atoms with Crippen molar-refractivity contribution in [3.63, 3.8) is 0 Å². The van der Waals surface area contributed by atoms with Gasteiger partial charge in [0.05, 0.1) is 5.56 Å². The van der Waals surface area contributed by atoms with Gasteiger partial charge in [0, 0.05) is 23.8 Å². The highest BCUT2D eigenvalue weighted by Gasteiger charge is 2.22. The standard InChI is InChI=1S/C25H22N5/c1-16-4-10-22-20(12-16)27-14-24(29(22)3)18-6-8-19(9-7-18)25-15-28-21-13-17(2)5-11-23(21)30(25)26/h4-15,26H,1-3H3/q+1/p+2. The Hall–Kier alpha value is -3.86. The number of aromatic amines is 1. The minimum absolute atomic E-state index is 0.925. The van der Waals surface area contributed by atoms with Crippen LogP contribution in [-0.2, 0) is 7.05 Å². The van der Waals surface area contributed by atoms with E-state index in [-0.39, 0.29) is 0 Å². The maximum atomic E-state index is 6.43. The third-order valence-corrected chi connectivity index (χ3v) is 5.69. The molecule has 0 aliphatic carbocycles. The Labute approximate surface area is 175 Å².